The average molecular weight is 516 g/mol. The summed E-state index contributed by atoms with van der Waals surface area (Å²) in [6, 6.07) is 15.6. The first-order valence-corrected chi connectivity index (χ1v) is 13.3. The number of carboxylic acid groups (broad SMARTS) is 1. The van der Waals surface area contributed by atoms with Gasteiger partial charge in [0.05, 0.1) is 41.8 Å². The van der Waals surface area contributed by atoms with Crippen molar-refractivity contribution in [2.75, 3.05) is 19.7 Å². The molecule has 0 amide bonds. The van der Waals surface area contributed by atoms with Gasteiger partial charge in [0.1, 0.15) is 12.4 Å². The number of carbonyl (C=O) groups is 1. The number of hydrogen-bond acceptors (Lipinski definition) is 6. The lowest BCUT2D eigenvalue weighted by Crippen LogP contribution is -2.36. The van der Waals surface area contributed by atoms with E-state index in [9.17, 15) is 9.90 Å². The second-order valence-corrected chi connectivity index (χ2v) is 10.3. The number of rotatable bonds is 9. The summed E-state index contributed by atoms with van der Waals surface area (Å²) in [7, 11) is 0. The van der Waals surface area contributed by atoms with Crippen molar-refractivity contribution in [3.8, 4) is 5.88 Å². The number of benzene rings is 2. The van der Waals surface area contributed by atoms with Crippen LogP contribution in [0.5, 0.6) is 5.88 Å². The monoisotopic (exact) mass is 515 g/mol. The van der Waals surface area contributed by atoms with E-state index in [2.05, 4.69) is 32.5 Å². The van der Waals surface area contributed by atoms with Crippen molar-refractivity contribution < 1.29 is 19.4 Å². The molecule has 0 aliphatic carbocycles. The summed E-state index contributed by atoms with van der Waals surface area (Å²) in [6.07, 6.45) is 5.26. The van der Waals surface area contributed by atoms with E-state index in [1.165, 1.54) is 0 Å². The van der Waals surface area contributed by atoms with Crippen LogP contribution in [-0.4, -0.2) is 61.1 Å². The molecule has 2 fully saturated rings. The maximum absolute atomic E-state index is 11.6. The van der Waals surface area contributed by atoms with Gasteiger partial charge in [0.15, 0.2) is 0 Å². The number of aryl methyl sites for hydroxylation is 1. The molecule has 2 aromatic carbocycles. The lowest BCUT2D eigenvalue weighted by Gasteiger charge is -2.32. The van der Waals surface area contributed by atoms with Crippen LogP contribution >= 0.6 is 0 Å². The molecular formula is C29H33N5O4. The fourth-order valence-corrected chi connectivity index (χ4v) is 5.33. The van der Waals surface area contributed by atoms with Crippen molar-refractivity contribution in [1.82, 2.24) is 24.2 Å². The Hall–Kier alpha value is -3.69. The first kappa shape index (κ1) is 24.6. The van der Waals surface area contributed by atoms with Gasteiger partial charge in [0, 0.05) is 31.5 Å². The van der Waals surface area contributed by atoms with E-state index < -0.39 is 5.97 Å². The SMILES string of the molecule is Cc1cn(C2CCN(Cc3nc4ccc(C(=O)O)cc4n3C[C@@H]3CCO3)CC2)nc1OCc1ccccc1. The van der Waals surface area contributed by atoms with E-state index >= 15 is 0 Å². The standard InChI is InChI=1S/C29H33N5O4/c1-20-16-34(31-28(20)38-19-21-5-3-2-4-6-21)23-9-12-32(13-10-23)18-27-30-25-8-7-22(29(35)36)15-26(25)33(27)17-24-11-14-37-24/h2-8,15-16,23-24H,9-14,17-19H2,1H3,(H,35,36)/t24-/m0/s1. The fourth-order valence-electron chi connectivity index (χ4n) is 5.33. The van der Waals surface area contributed by atoms with Crippen molar-refractivity contribution >= 4 is 17.0 Å². The van der Waals surface area contributed by atoms with Gasteiger partial charge in [0.2, 0.25) is 5.88 Å². The van der Waals surface area contributed by atoms with Crippen molar-refractivity contribution in [3.63, 3.8) is 0 Å². The average Bonchev–Trinajstić information content (AvgIpc) is 3.44. The van der Waals surface area contributed by atoms with Gasteiger partial charge in [0.25, 0.3) is 0 Å². The Morgan fingerprint density at radius 1 is 1.13 bits per heavy atom. The molecule has 1 N–H and O–H groups in total. The highest BCUT2D eigenvalue weighted by Gasteiger charge is 2.26. The summed E-state index contributed by atoms with van der Waals surface area (Å²) >= 11 is 0. The maximum Gasteiger partial charge on any atom is 0.335 e. The van der Waals surface area contributed by atoms with Crippen molar-refractivity contribution in [2.45, 2.75) is 58.0 Å². The van der Waals surface area contributed by atoms with Crippen molar-refractivity contribution in [3.05, 3.63) is 77.2 Å². The van der Waals surface area contributed by atoms with Crippen LogP contribution in [0.4, 0.5) is 0 Å². The van der Waals surface area contributed by atoms with Crippen molar-refractivity contribution in [1.29, 1.82) is 0 Å². The summed E-state index contributed by atoms with van der Waals surface area (Å²) in [5, 5.41) is 14.3. The molecule has 2 aliphatic rings. The first-order chi connectivity index (χ1) is 18.5. The molecule has 6 rings (SSSR count). The van der Waals surface area contributed by atoms with E-state index in [0.717, 1.165) is 73.5 Å². The third kappa shape index (κ3) is 5.16. The normalized spacial score (nSPS) is 18.5. The number of piperidine rings is 1. The predicted molar refractivity (Wildman–Crippen MR) is 142 cm³/mol. The highest BCUT2D eigenvalue weighted by molar-refractivity contribution is 5.92. The van der Waals surface area contributed by atoms with E-state index in [1.807, 2.05) is 31.2 Å². The lowest BCUT2D eigenvalue weighted by molar-refractivity contribution is -0.0592. The van der Waals surface area contributed by atoms with Gasteiger partial charge in [-0.15, -0.1) is 5.10 Å². The second-order valence-electron chi connectivity index (χ2n) is 10.3. The molecular weight excluding hydrogens is 482 g/mol. The highest BCUT2D eigenvalue weighted by Crippen LogP contribution is 2.28. The molecule has 38 heavy (non-hydrogen) atoms. The number of nitrogens with zero attached hydrogens (tertiary/aromatic N) is 5. The molecule has 9 heteroatoms. The summed E-state index contributed by atoms with van der Waals surface area (Å²) in [5.41, 5.74) is 4.15. The van der Waals surface area contributed by atoms with Gasteiger partial charge in [-0.25, -0.2) is 9.78 Å². The van der Waals surface area contributed by atoms with Crippen LogP contribution in [-0.2, 0) is 24.4 Å². The summed E-state index contributed by atoms with van der Waals surface area (Å²) in [6.45, 7) is 6.64. The minimum Gasteiger partial charge on any atom is -0.478 e. The minimum absolute atomic E-state index is 0.159. The molecule has 0 saturated carbocycles. The predicted octanol–water partition coefficient (Wildman–Crippen LogP) is 4.44. The molecule has 1 atom stereocenters. The van der Waals surface area contributed by atoms with E-state index in [-0.39, 0.29) is 11.7 Å². The number of ether oxygens (including phenoxy) is 2. The van der Waals surface area contributed by atoms with Crippen molar-refractivity contribution in [2.24, 2.45) is 0 Å². The molecule has 2 aromatic heterocycles. The number of fused-ring (bicyclic) bond motifs is 1. The van der Waals surface area contributed by atoms with Gasteiger partial charge < -0.3 is 19.1 Å². The molecule has 0 radical (unpaired) electrons. The van der Waals surface area contributed by atoms with E-state index in [0.29, 0.717) is 25.1 Å². The van der Waals surface area contributed by atoms with Crippen LogP contribution in [0.1, 0.15) is 52.6 Å². The van der Waals surface area contributed by atoms with E-state index in [1.54, 1.807) is 12.1 Å². The molecule has 2 aliphatic heterocycles. The number of imidazole rings is 1. The van der Waals surface area contributed by atoms with Crippen LogP contribution in [0.15, 0.2) is 54.7 Å². The molecule has 4 aromatic rings. The number of hydrogen-bond donors (Lipinski definition) is 1. The molecule has 4 heterocycles. The zero-order valence-corrected chi connectivity index (χ0v) is 21.6. The highest BCUT2D eigenvalue weighted by atomic mass is 16.5. The number of aromatic nitrogens is 4. The lowest BCUT2D eigenvalue weighted by atomic mass is 10.1. The zero-order chi connectivity index (χ0) is 26.1. The Bertz CT molecular complexity index is 1420. The second kappa shape index (κ2) is 10.6. The van der Waals surface area contributed by atoms with Gasteiger partial charge in [-0.1, -0.05) is 30.3 Å². The van der Waals surface area contributed by atoms with Gasteiger partial charge in [-0.3, -0.25) is 9.58 Å². The van der Waals surface area contributed by atoms with Crippen LogP contribution in [0.25, 0.3) is 11.0 Å². The van der Waals surface area contributed by atoms with Crippen LogP contribution < -0.4 is 4.74 Å². The minimum atomic E-state index is -0.925. The van der Waals surface area contributed by atoms with Crippen LogP contribution in [0.2, 0.25) is 0 Å². The molecule has 0 bridgehead atoms. The van der Waals surface area contributed by atoms with E-state index in [4.69, 9.17) is 19.6 Å². The zero-order valence-electron chi connectivity index (χ0n) is 21.6. The summed E-state index contributed by atoms with van der Waals surface area (Å²) < 4.78 is 15.9. The topological polar surface area (TPSA) is 94.6 Å². The summed E-state index contributed by atoms with van der Waals surface area (Å²) in [4.78, 5) is 18.9. The molecule has 198 valence electrons. The quantitative estimate of drug-likeness (QED) is 0.352. The Kier molecular flexibility index (Phi) is 6.86. The van der Waals surface area contributed by atoms with Gasteiger partial charge >= 0.3 is 5.97 Å². The van der Waals surface area contributed by atoms with Crippen LogP contribution in [0.3, 0.4) is 0 Å². The number of carboxylic acids is 1. The maximum atomic E-state index is 11.6. The number of aromatic carboxylic acids is 1. The largest absolute Gasteiger partial charge is 0.478 e. The van der Waals surface area contributed by atoms with Gasteiger partial charge in [-0.05, 0) is 49.9 Å². The molecule has 9 nitrogen and oxygen atoms in total. The smallest absolute Gasteiger partial charge is 0.335 e. The Labute approximate surface area is 221 Å². The third-order valence-electron chi connectivity index (χ3n) is 7.64. The molecule has 2 saturated heterocycles. The molecule has 0 spiro atoms. The number of likely N-dealkylation sites (tertiary alicyclic amines) is 1. The Morgan fingerprint density at radius 2 is 1.92 bits per heavy atom. The molecule has 0 unspecified atom stereocenters. The fraction of sp³-hybridized carbons (Fsp3) is 0.414. The Balaban J connectivity index is 1.12. The third-order valence-corrected chi connectivity index (χ3v) is 7.64. The Morgan fingerprint density at radius 3 is 2.63 bits per heavy atom. The van der Waals surface area contributed by atoms with Crippen LogP contribution in [0, 0.1) is 6.92 Å². The van der Waals surface area contributed by atoms with Gasteiger partial charge in [-0.2, -0.15) is 0 Å². The summed E-state index contributed by atoms with van der Waals surface area (Å²) in [5.74, 6) is 0.734. The first-order valence-electron chi connectivity index (χ1n) is 13.3.